The summed E-state index contributed by atoms with van der Waals surface area (Å²) in [5.74, 6) is 0.951. The lowest BCUT2D eigenvalue weighted by Crippen LogP contribution is -2.28. The Bertz CT molecular complexity index is 597. The first-order chi connectivity index (χ1) is 10.3. The van der Waals surface area contributed by atoms with Crippen LogP contribution in [0.3, 0.4) is 0 Å². The van der Waals surface area contributed by atoms with E-state index in [-0.39, 0.29) is 6.04 Å². The van der Waals surface area contributed by atoms with Crippen LogP contribution in [0.2, 0.25) is 0 Å². The van der Waals surface area contributed by atoms with Crippen LogP contribution in [0.1, 0.15) is 48.7 Å². The molecule has 1 aromatic heterocycles. The fourth-order valence-electron chi connectivity index (χ4n) is 3.11. The van der Waals surface area contributed by atoms with E-state index in [9.17, 15) is 0 Å². The Morgan fingerprint density at radius 1 is 1.29 bits per heavy atom. The zero-order valence-electron chi connectivity index (χ0n) is 12.7. The molecule has 110 valence electrons. The molecule has 1 aromatic carbocycles. The molecule has 1 aliphatic rings. The van der Waals surface area contributed by atoms with Crippen molar-refractivity contribution in [1.82, 2.24) is 10.3 Å². The van der Waals surface area contributed by atoms with E-state index in [1.165, 1.54) is 24.0 Å². The van der Waals surface area contributed by atoms with Gasteiger partial charge >= 0.3 is 0 Å². The number of pyridine rings is 1. The first kappa shape index (κ1) is 14.1. The van der Waals surface area contributed by atoms with Crippen molar-refractivity contribution >= 4 is 0 Å². The molecule has 1 unspecified atom stereocenters. The molecule has 2 aromatic rings. The predicted molar refractivity (Wildman–Crippen MR) is 84.5 cm³/mol. The third-order valence-corrected chi connectivity index (χ3v) is 4.25. The molecule has 0 amide bonds. The molecular weight excluding hydrogens is 260 g/mol. The molecule has 3 heteroatoms. The minimum Gasteiger partial charge on any atom is -0.497 e. The summed E-state index contributed by atoms with van der Waals surface area (Å²) in [6.07, 6.45) is 5.39. The van der Waals surface area contributed by atoms with E-state index < -0.39 is 0 Å². The summed E-state index contributed by atoms with van der Waals surface area (Å²) in [6, 6.07) is 13.2. The lowest BCUT2D eigenvalue weighted by molar-refractivity contribution is 0.400. The summed E-state index contributed by atoms with van der Waals surface area (Å²) >= 11 is 0. The van der Waals surface area contributed by atoms with E-state index in [0.29, 0.717) is 6.04 Å². The molecule has 0 bridgehead atoms. The number of hydrogen-bond donors (Lipinski definition) is 1. The maximum atomic E-state index is 5.34. The summed E-state index contributed by atoms with van der Waals surface area (Å²) in [4.78, 5) is 4.45. The van der Waals surface area contributed by atoms with E-state index in [2.05, 4.69) is 41.5 Å². The molecule has 0 spiro atoms. The number of benzene rings is 1. The molecule has 1 heterocycles. The molecule has 0 saturated carbocycles. The zero-order chi connectivity index (χ0) is 14.7. The summed E-state index contributed by atoms with van der Waals surface area (Å²) in [6.45, 7) is 2.18. The summed E-state index contributed by atoms with van der Waals surface area (Å²) in [7, 11) is 1.73. The number of nitrogens with zero attached hydrogens (tertiary/aromatic N) is 1. The van der Waals surface area contributed by atoms with Crippen LogP contribution in [0, 0.1) is 0 Å². The highest BCUT2D eigenvalue weighted by Crippen LogP contribution is 2.33. The average molecular weight is 282 g/mol. The number of aryl methyl sites for hydroxylation is 1. The number of ether oxygens (including phenoxy) is 1. The minimum absolute atomic E-state index is 0.254. The quantitative estimate of drug-likeness (QED) is 0.925. The number of hydrogen-bond acceptors (Lipinski definition) is 3. The van der Waals surface area contributed by atoms with Crippen LogP contribution in [0.15, 0.2) is 42.6 Å². The van der Waals surface area contributed by atoms with Gasteiger partial charge in [-0.3, -0.25) is 4.98 Å². The number of nitrogens with one attached hydrogen (secondary N) is 1. The van der Waals surface area contributed by atoms with Gasteiger partial charge in [-0.1, -0.05) is 12.1 Å². The number of fused-ring (bicyclic) bond motifs is 1. The Hall–Kier alpha value is -1.87. The van der Waals surface area contributed by atoms with Crippen LogP contribution in [-0.2, 0) is 6.42 Å². The molecule has 1 aliphatic carbocycles. The summed E-state index contributed by atoms with van der Waals surface area (Å²) < 4.78 is 5.34. The zero-order valence-corrected chi connectivity index (χ0v) is 12.7. The predicted octanol–water partition coefficient (Wildman–Crippen LogP) is 3.82. The molecule has 3 nitrogen and oxygen atoms in total. The molecule has 1 N–H and O–H groups in total. The van der Waals surface area contributed by atoms with Gasteiger partial charge in [0.2, 0.25) is 0 Å². The highest BCUT2D eigenvalue weighted by Gasteiger charge is 2.22. The second-order valence-corrected chi connectivity index (χ2v) is 5.65. The van der Waals surface area contributed by atoms with E-state index in [4.69, 9.17) is 4.74 Å². The largest absolute Gasteiger partial charge is 0.497 e. The standard InChI is InChI=1S/C18H22N2O/c1-13(17-7-3-4-11-19-17)20-18-8-5-6-14-12-15(21-2)9-10-16(14)18/h3-4,7,9-13,18,20H,5-6,8H2,1-2H3/t13-,18?/m0/s1. The maximum Gasteiger partial charge on any atom is 0.119 e. The van der Waals surface area contributed by atoms with E-state index >= 15 is 0 Å². The first-order valence-corrected chi connectivity index (χ1v) is 7.61. The van der Waals surface area contributed by atoms with Gasteiger partial charge in [0.1, 0.15) is 5.75 Å². The molecule has 3 rings (SSSR count). The van der Waals surface area contributed by atoms with Crippen molar-refractivity contribution in [3.05, 3.63) is 59.4 Å². The van der Waals surface area contributed by atoms with Crippen molar-refractivity contribution in [2.45, 2.75) is 38.3 Å². The van der Waals surface area contributed by atoms with Gasteiger partial charge < -0.3 is 10.1 Å². The van der Waals surface area contributed by atoms with Crippen LogP contribution in [0.5, 0.6) is 5.75 Å². The third kappa shape index (κ3) is 3.08. The van der Waals surface area contributed by atoms with Crippen molar-refractivity contribution in [3.8, 4) is 5.75 Å². The minimum atomic E-state index is 0.254. The van der Waals surface area contributed by atoms with Gasteiger partial charge in [0, 0.05) is 18.3 Å². The van der Waals surface area contributed by atoms with Crippen LogP contribution in [-0.4, -0.2) is 12.1 Å². The van der Waals surface area contributed by atoms with Crippen LogP contribution >= 0.6 is 0 Å². The van der Waals surface area contributed by atoms with E-state index in [0.717, 1.165) is 17.9 Å². The Balaban J connectivity index is 1.79. The second-order valence-electron chi connectivity index (χ2n) is 5.65. The molecular formula is C18H22N2O. The van der Waals surface area contributed by atoms with E-state index in [1.54, 1.807) is 7.11 Å². The molecule has 0 aliphatic heterocycles. The Kier molecular flexibility index (Phi) is 4.20. The van der Waals surface area contributed by atoms with Crippen molar-refractivity contribution in [3.63, 3.8) is 0 Å². The monoisotopic (exact) mass is 282 g/mol. The Labute approximate surface area is 126 Å². The molecule has 0 fully saturated rings. The van der Waals surface area contributed by atoms with Gasteiger partial charge in [0.05, 0.1) is 12.8 Å². The highest BCUT2D eigenvalue weighted by atomic mass is 16.5. The first-order valence-electron chi connectivity index (χ1n) is 7.61. The van der Waals surface area contributed by atoms with Gasteiger partial charge in [-0.05, 0) is 61.6 Å². The lowest BCUT2D eigenvalue weighted by atomic mass is 9.87. The number of rotatable bonds is 4. The van der Waals surface area contributed by atoms with Gasteiger partial charge in [0.15, 0.2) is 0 Å². The van der Waals surface area contributed by atoms with Crippen molar-refractivity contribution < 1.29 is 4.74 Å². The topological polar surface area (TPSA) is 34.1 Å². The average Bonchev–Trinajstić information content (AvgIpc) is 2.55. The van der Waals surface area contributed by atoms with Crippen LogP contribution in [0.25, 0.3) is 0 Å². The van der Waals surface area contributed by atoms with Crippen LogP contribution in [0.4, 0.5) is 0 Å². The molecule has 21 heavy (non-hydrogen) atoms. The molecule has 0 radical (unpaired) electrons. The second kappa shape index (κ2) is 6.27. The smallest absolute Gasteiger partial charge is 0.119 e. The van der Waals surface area contributed by atoms with Gasteiger partial charge in [0.25, 0.3) is 0 Å². The van der Waals surface area contributed by atoms with Gasteiger partial charge in [-0.2, -0.15) is 0 Å². The van der Waals surface area contributed by atoms with E-state index in [1.807, 2.05) is 18.3 Å². The Morgan fingerprint density at radius 3 is 2.95 bits per heavy atom. The lowest BCUT2D eigenvalue weighted by Gasteiger charge is -2.29. The van der Waals surface area contributed by atoms with Crippen molar-refractivity contribution in [1.29, 1.82) is 0 Å². The number of aromatic nitrogens is 1. The summed E-state index contributed by atoms with van der Waals surface area (Å²) in [5.41, 5.74) is 3.91. The highest BCUT2D eigenvalue weighted by molar-refractivity contribution is 5.39. The van der Waals surface area contributed by atoms with Crippen LogP contribution < -0.4 is 10.1 Å². The molecule has 2 atom stereocenters. The Morgan fingerprint density at radius 2 is 2.19 bits per heavy atom. The summed E-state index contributed by atoms with van der Waals surface area (Å²) in [5, 5.41) is 3.73. The van der Waals surface area contributed by atoms with Gasteiger partial charge in [-0.15, -0.1) is 0 Å². The molecule has 0 saturated heterocycles. The van der Waals surface area contributed by atoms with Gasteiger partial charge in [-0.25, -0.2) is 0 Å². The van der Waals surface area contributed by atoms with Crippen molar-refractivity contribution in [2.24, 2.45) is 0 Å². The maximum absolute atomic E-state index is 5.34. The normalized spacial score (nSPS) is 18.9. The number of methoxy groups -OCH3 is 1. The fraction of sp³-hybridized carbons (Fsp3) is 0.389. The van der Waals surface area contributed by atoms with Crippen molar-refractivity contribution in [2.75, 3.05) is 7.11 Å². The SMILES string of the molecule is COc1ccc2c(c1)CCCC2N[C@@H](C)c1ccccn1. The third-order valence-electron chi connectivity index (χ3n) is 4.25. The fourth-order valence-corrected chi connectivity index (χ4v) is 3.11.